The SMILES string of the molecule is OCc1ccc(-c2cc(Br)cc(Br)c2)nc1. The van der Waals surface area contributed by atoms with Crippen LogP contribution in [-0.2, 0) is 6.61 Å². The summed E-state index contributed by atoms with van der Waals surface area (Å²) in [7, 11) is 0. The molecule has 0 aliphatic heterocycles. The first-order chi connectivity index (χ1) is 7.69. The Morgan fingerprint density at radius 2 is 1.75 bits per heavy atom. The van der Waals surface area contributed by atoms with Gasteiger partial charge in [-0.25, -0.2) is 0 Å². The molecule has 0 saturated carbocycles. The number of aliphatic hydroxyl groups is 1. The lowest BCUT2D eigenvalue weighted by atomic mass is 10.1. The maximum atomic E-state index is 8.93. The molecule has 1 aromatic heterocycles. The zero-order valence-corrected chi connectivity index (χ0v) is 11.5. The highest BCUT2D eigenvalue weighted by atomic mass is 79.9. The summed E-state index contributed by atoms with van der Waals surface area (Å²) in [6.07, 6.45) is 1.68. The number of pyridine rings is 1. The van der Waals surface area contributed by atoms with Crippen LogP contribution < -0.4 is 0 Å². The lowest BCUT2D eigenvalue weighted by Gasteiger charge is -2.03. The molecule has 1 N–H and O–H groups in total. The number of benzene rings is 1. The van der Waals surface area contributed by atoms with Crippen LogP contribution in [0.25, 0.3) is 11.3 Å². The van der Waals surface area contributed by atoms with Crippen LogP contribution >= 0.6 is 31.9 Å². The zero-order chi connectivity index (χ0) is 11.5. The van der Waals surface area contributed by atoms with E-state index in [2.05, 4.69) is 36.8 Å². The number of nitrogens with zero attached hydrogens (tertiary/aromatic N) is 1. The van der Waals surface area contributed by atoms with Crippen molar-refractivity contribution >= 4 is 31.9 Å². The van der Waals surface area contributed by atoms with Gasteiger partial charge in [0.25, 0.3) is 0 Å². The van der Waals surface area contributed by atoms with E-state index >= 15 is 0 Å². The van der Waals surface area contributed by atoms with E-state index < -0.39 is 0 Å². The van der Waals surface area contributed by atoms with Gasteiger partial charge < -0.3 is 5.11 Å². The van der Waals surface area contributed by atoms with Gasteiger partial charge in [-0.3, -0.25) is 4.98 Å². The van der Waals surface area contributed by atoms with Crippen LogP contribution in [0.1, 0.15) is 5.56 Å². The molecule has 0 fully saturated rings. The molecule has 82 valence electrons. The summed E-state index contributed by atoms with van der Waals surface area (Å²) in [5, 5.41) is 8.93. The predicted molar refractivity (Wildman–Crippen MR) is 71.0 cm³/mol. The Hall–Kier alpha value is -0.710. The van der Waals surface area contributed by atoms with Crippen molar-refractivity contribution in [3.63, 3.8) is 0 Å². The van der Waals surface area contributed by atoms with E-state index in [-0.39, 0.29) is 6.61 Å². The summed E-state index contributed by atoms with van der Waals surface area (Å²) in [5.41, 5.74) is 2.74. The quantitative estimate of drug-likeness (QED) is 0.901. The minimum Gasteiger partial charge on any atom is -0.392 e. The van der Waals surface area contributed by atoms with E-state index in [9.17, 15) is 0 Å². The molecule has 0 aliphatic rings. The van der Waals surface area contributed by atoms with E-state index in [1.807, 2.05) is 30.3 Å². The molecular weight excluding hydrogens is 334 g/mol. The number of hydrogen-bond acceptors (Lipinski definition) is 2. The fraction of sp³-hybridized carbons (Fsp3) is 0.0833. The molecule has 0 spiro atoms. The van der Waals surface area contributed by atoms with Gasteiger partial charge in [-0.2, -0.15) is 0 Å². The average Bonchev–Trinajstić information content (AvgIpc) is 2.28. The van der Waals surface area contributed by atoms with Gasteiger partial charge in [0.15, 0.2) is 0 Å². The molecule has 0 saturated heterocycles. The number of aliphatic hydroxyl groups excluding tert-OH is 1. The lowest BCUT2D eigenvalue weighted by Crippen LogP contribution is -1.88. The smallest absolute Gasteiger partial charge is 0.0702 e. The van der Waals surface area contributed by atoms with Crippen molar-refractivity contribution in [3.05, 3.63) is 51.0 Å². The van der Waals surface area contributed by atoms with E-state index in [0.717, 1.165) is 25.8 Å². The molecule has 4 heteroatoms. The molecule has 0 amide bonds. The monoisotopic (exact) mass is 341 g/mol. The number of halogens is 2. The van der Waals surface area contributed by atoms with E-state index in [1.165, 1.54) is 0 Å². The summed E-state index contributed by atoms with van der Waals surface area (Å²) in [6, 6.07) is 9.76. The molecule has 0 atom stereocenters. The third-order valence-electron chi connectivity index (χ3n) is 2.17. The summed E-state index contributed by atoms with van der Waals surface area (Å²) in [5.74, 6) is 0. The number of rotatable bonds is 2. The average molecular weight is 343 g/mol. The molecule has 2 rings (SSSR count). The normalized spacial score (nSPS) is 10.4. The molecule has 1 aromatic carbocycles. The molecule has 0 bridgehead atoms. The molecule has 0 unspecified atom stereocenters. The molecular formula is C12H9Br2NO. The summed E-state index contributed by atoms with van der Waals surface area (Å²) < 4.78 is 2.01. The van der Waals surface area contributed by atoms with Crippen LogP contribution in [0.3, 0.4) is 0 Å². The minimum absolute atomic E-state index is 0.0233. The maximum absolute atomic E-state index is 8.93. The van der Waals surface area contributed by atoms with E-state index in [4.69, 9.17) is 5.11 Å². The highest BCUT2D eigenvalue weighted by molar-refractivity contribution is 9.11. The Morgan fingerprint density at radius 1 is 1.06 bits per heavy atom. The summed E-state index contributed by atoms with van der Waals surface area (Å²) >= 11 is 6.88. The van der Waals surface area contributed by atoms with E-state index in [0.29, 0.717) is 0 Å². The van der Waals surface area contributed by atoms with Crippen LogP contribution in [0.5, 0.6) is 0 Å². The van der Waals surface area contributed by atoms with Crippen molar-refractivity contribution in [1.82, 2.24) is 4.98 Å². The maximum Gasteiger partial charge on any atom is 0.0702 e. The Morgan fingerprint density at radius 3 is 2.25 bits per heavy atom. The van der Waals surface area contributed by atoms with Gasteiger partial charge >= 0.3 is 0 Å². The largest absolute Gasteiger partial charge is 0.392 e. The highest BCUT2D eigenvalue weighted by Gasteiger charge is 2.02. The Labute approximate surface area is 111 Å². The second-order valence-corrected chi connectivity index (χ2v) is 5.20. The molecule has 16 heavy (non-hydrogen) atoms. The number of hydrogen-bond donors (Lipinski definition) is 1. The fourth-order valence-corrected chi connectivity index (χ4v) is 2.68. The van der Waals surface area contributed by atoms with Gasteiger partial charge in [0.1, 0.15) is 0 Å². The van der Waals surface area contributed by atoms with Crippen molar-refractivity contribution in [2.45, 2.75) is 6.61 Å². The third-order valence-corrected chi connectivity index (χ3v) is 3.08. The Bertz CT molecular complexity index is 477. The Balaban J connectivity index is 2.42. The first kappa shape index (κ1) is 11.8. The second kappa shape index (κ2) is 5.08. The van der Waals surface area contributed by atoms with Gasteiger partial charge in [0.05, 0.1) is 12.3 Å². The minimum atomic E-state index is 0.0233. The predicted octanol–water partition coefficient (Wildman–Crippen LogP) is 3.77. The van der Waals surface area contributed by atoms with Gasteiger partial charge in [-0.1, -0.05) is 37.9 Å². The lowest BCUT2D eigenvalue weighted by molar-refractivity contribution is 0.281. The van der Waals surface area contributed by atoms with Crippen molar-refractivity contribution in [2.75, 3.05) is 0 Å². The molecule has 1 heterocycles. The van der Waals surface area contributed by atoms with Crippen LogP contribution in [0.4, 0.5) is 0 Å². The molecule has 0 aliphatic carbocycles. The number of aromatic nitrogens is 1. The van der Waals surface area contributed by atoms with Crippen molar-refractivity contribution in [3.8, 4) is 11.3 Å². The van der Waals surface area contributed by atoms with Crippen molar-refractivity contribution in [1.29, 1.82) is 0 Å². The highest BCUT2D eigenvalue weighted by Crippen LogP contribution is 2.26. The summed E-state index contributed by atoms with van der Waals surface area (Å²) in [4.78, 5) is 4.30. The van der Waals surface area contributed by atoms with Crippen molar-refractivity contribution in [2.24, 2.45) is 0 Å². The Kier molecular flexibility index (Phi) is 3.74. The molecule has 2 aromatic rings. The van der Waals surface area contributed by atoms with Gasteiger partial charge in [-0.15, -0.1) is 0 Å². The topological polar surface area (TPSA) is 33.1 Å². The molecule has 0 radical (unpaired) electrons. The molecule has 2 nitrogen and oxygen atoms in total. The van der Waals surface area contributed by atoms with Crippen LogP contribution in [0, 0.1) is 0 Å². The van der Waals surface area contributed by atoms with Crippen LogP contribution in [0.2, 0.25) is 0 Å². The fourth-order valence-electron chi connectivity index (χ4n) is 1.39. The third kappa shape index (κ3) is 2.70. The van der Waals surface area contributed by atoms with E-state index in [1.54, 1.807) is 6.20 Å². The first-order valence-corrected chi connectivity index (χ1v) is 6.30. The first-order valence-electron chi connectivity index (χ1n) is 4.71. The van der Waals surface area contributed by atoms with Crippen molar-refractivity contribution < 1.29 is 5.11 Å². The standard InChI is InChI=1S/C12H9Br2NO/c13-10-3-9(4-11(14)5-10)12-2-1-8(7-16)6-15-12/h1-6,16H,7H2. The summed E-state index contributed by atoms with van der Waals surface area (Å²) in [6.45, 7) is 0.0233. The van der Waals surface area contributed by atoms with Gasteiger partial charge in [-0.05, 0) is 29.8 Å². The second-order valence-electron chi connectivity index (χ2n) is 3.37. The zero-order valence-electron chi connectivity index (χ0n) is 8.32. The van der Waals surface area contributed by atoms with Gasteiger partial charge in [0.2, 0.25) is 0 Å². The van der Waals surface area contributed by atoms with Crippen LogP contribution in [0.15, 0.2) is 45.5 Å². The van der Waals surface area contributed by atoms with Crippen LogP contribution in [-0.4, -0.2) is 10.1 Å². The van der Waals surface area contributed by atoms with Gasteiger partial charge in [0, 0.05) is 20.7 Å².